The molecule has 0 bridgehead atoms. The van der Waals surface area contributed by atoms with Crippen LogP contribution in [0.15, 0.2) is 23.1 Å². The minimum Gasteiger partial charge on any atom is -0.490 e. The zero-order valence-electron chi connectivity index (χ0n) is 10.4. The average Bonchev–Trinajstić information content (AvgIpc) is 2.83. The minimum absolute atomic E-state index is 0.405. The van der Waals surface area contributed by atoms with Gasteiger partial charge in [-0.05, 0) is 43.6 Å². The van der Waals surface area contributed by atoms with Gasteiger partial charge < -0.3 is 10.5 Å². The summed E-state index contributed by atoms with van der Waals surface area (Å²) < 4.78 is 6.09. The first kappa shape index (κ1) is 12.8. The summed E-state index contributed by atoms with van der Waals surface area (Å²) in [4.78, 5) is 1.27. The van der Waals surface area contributed by atoms with Gasteiger partial charge in [-0.3, -0.25) is 0 Å². The largest absolute Gasteiger partial charge is 0.490 e. The molecule has 17 heavy (non-hydrogen) atoms. The van der Waals surface area contributed by atoms with Gasteiger partial charge in [-0.1, -0.05) is 13.0 Å². The van der Waals surface area contributed by atoms with Crippen molar-refractivity contribution in [3.63, 3.8) is 0 Å². The number of hydrogen-bond acceptors (Lipinski definition) is 3. The van der Waals surface area contributed by atoms with Gasteiger partial charge in [0.2, 0.25) is 0 Å². The molecule has 1 aliphatic carbocycles. The predicted molar refractivity (Wildman–Crippen MR) is 73.6 cm³/mol. The maximum absolute atomic E-state index is 6.09. The van der Waals surface area contributed by atoms with Gasteiger partial charge in [0.15, 0.2) is 0 Å². The molecule has 0 spiro atoms. The molecule has 0 amide bonds. The Morgan fingerprint density at radius 2 is 2.12 bits per heavy atom. The Hall–Kier alpha value is -0.670. The summed E-state index contributed by atoms with van der Waals surface area (Å²) in [5.41, 5.74) is 7.04. The van der Waals surface area contributed by atoms with E-state index in [2.05, 4.69) is 25.1 Å². The molecule has 1 saturated carbocycles. The lowest BCUT2D eigenvalue weighted by Crippen LogP contribution is -2.13. The highest BCUT2D eigenvalue weighted by molar-refractivity contribution is 7.99. The summed E-state index contributed by atoms with van der Waals surface area (Å²) in [6, 6.07) is 6.26. The molecule has 0 radical (unpaired) electrons. The minimum atomic E-state index is 0.405. The molecule has 0 aromatic heterocycles. The summed E-state index contributed by atoms with van der Waals surface area (Å²) in [5, 5.41) is 0. The Kier molecular flexibility index (Phi) is 4.75. The van der Waals surface area contributed by atoms with Gasteiger partial charge in [0.25, 0.3) is 0 Å². The van der Waals surface area contributed by atoms with E-state index >= 15 is 0 Å². The number of ether oxygens (including phenoxy) is 1. The summed E-state index contributed by atoms with van der Waals surface area (Å²) in [6.07, 6.45) is 5.38. The van der Waals surface area contributed by atoms with Crippen LogP contribution in [0.3, 0.4) is 0 Å². The van der Waals surface area contributed by atoms with E-state index in [-0.39, 0.29) is 0 Å². The van der Waals surface area contributed by atoms with E-state index in [9.17, 15) is 0 Å². The predicted octanol–water partition coefficient (Wildman–Crippen LogP) is 3.58. The summed E-state index contributed by atoms with van der Waals surface area (Å²) in [5.74, 6) is 2.07. The van der Waals surface area contributed by atoms with Crippen molar-refractivity contribution in [3.05, 3.63) is 23.8 Å². The van der Waals surface area contributed by atoms with Gasteiger partial charge in [0, 0.05) is 17.0 Å². The van der Waals surface area contributed by atoms with Gasteiger partial charge in [0.1, 0.15) is 5.75 Å². The van der Waals surface area contributed by atoms with Crippen molar-refractivity contribution in [1.82, 2.24) is 0 Å². The lowest BCUT2D eigenvalue weighted by molar-refractivity contribution is 0.207. The van der Waals surface area contributed by atoms with Gasteiger partial charge in [-0.2, -0.15) is 0 Å². The third kappa shape index (κ3) is 3.17. The topological polar surface area (TPSA) is 35.2 Å². The van der Waals surface area contributed by atoms with Gasteiger partial charge in [-0.15, -0.1) is 11.8 Å². The summed E-state index contributed by atoms with van der Waals surface area (Å²) in [6.45, 7) is 2.72. The molecule has 2 nitrogen and oxygen atoms in total. The van der Waals surface area contributed by atoms with E-state index in [4.69, 9.17) is 10.5 Å². The summed E-state index contributed by atoms with van der Waals surface area (Å²) in [7, 11) is 0. The monoisotopic (exact) mass is 251 g/mol. The number of rotatable bonds is 5. The molecule has 0 heterocycles. The number of benzene rings is 1. The third-order valence-corrected chi connectivity index (χ3v) is 4.17. The maximum atomic E-state index is 6.09. The molecule has 1 fully saturated rings. The number of thioether (sulfide) groups is 1. The lowest BCUT2D eigenvalue weighted by Gasteiger charge is -2.18. The van der Waals surface area contributed by atoms with Crippen LogP contribution in [0.25, 0.3) is 0 Å². The molecule has 1 aromatic carbocycles. The quantitative estimate of drug-likeness (QED) is 0.812. The fourth-order valence-electron chi connectivity index (χ4n) is 2.33. The van der Waals surface area contributed by atoms with Crippen LogP contribution in [0, 0.1) is 0 Å². The molecule has 0 saturated heterocycles. The zero-order chi connectivity index (χ0) is 12.1. The molecule has 1 aliphatic rings. The first-order valence-electron chi connectivity index (χ1n) is 6.46. The highest BCUT2D eigenvalue weighted by atomic mass is 32.2. The molecule has 3 heteroatoms. The van der Waals surface area contributed by atoms with Crippen molar-refractivity contribution in [2.45, 2.75) is 50.2 Å². The normalized spacial score (nSPS) is 16.4. The number of nitrogens with two attached hydrogens (primary N) is 1. The van der Waals surface area contributed by atoms with Gasteiger partial charge in [-0.25, -0.2) is 0 Å². The van der Waals surface area contributed by atoms with E-state index in [1.807, 2.05) is 11.8 Å². The second-order valence-electron chi connectivity index (χ2n) is 4.39. The van der Waals surface area contributed by atoms with Crippen LogP contribution in [0.5, 0.6) is 5.75 Å². The van der Waals surface area contributed by atoms with Crippen LogP contribution in [-0.4, -0.2) is 11.9 Å². The second kappa shape index (κ2) is 6.31. The van der Waals surface area contributed by atoms with E-state index in [0.717, 1.165) is 11.5 Å². The van der Waals surface area contributed by atoms with Crippen LogP contribution in [-0.2, 0) is 6.54 Å². The highest BCUT2D eigenvalue weighted by Gasteiger charge is 2.18. The Balaban J connectivity index is 2.16. The Bertz CT molecular complexity index is 361. The van der Waals surface area contributed by atoms with Crippen molar-refractivity contribution in [2.24, 2.45) is 5.73 Å². The van der Waals surface area contributed by atoms with E-state index in [1.165, 1.54) is 36.1 Å². The molecule has 2 rings (SSSR count). The molecule has 94 valence electrons. The molecule has 0 unspecified atom stereocenters. The molecule has 0 aliphatic heterocycles. The van der Waals surface area contributed by atoms with Crippen LogP contribution >= 0.6 is 11.8 Å². The Morgan fingerprint density at radius 1 is 1.35 bits per heavy atom. The van der Waals surface area contributed by atoms with Crippen LogP contribution in [0.4, 0.5) is 0 Å². The van der Waals surface area contributed by atoms with Crippen molar-refractivity contribution in [1.29, 1.82) is 0 Å². The first-order valence-corrected chi connectivity index (χ1v) is 7.45. The fraction of sp³-hybridized carbons (Fsp3) is 0.571. The Morgan fingerprint density at radius 3 is 2.76 bits per heavy atom. The molecule has 0 atom stereocenters. The second-order valence-corrected chi connectivity index (χ2v) is 5.70. The van der Waals surface area contributed by atoms with Gasteiger partial charge >= 0.3 is 0 Å². The summed E-state index contributed by atoms with van der Waals surface area (Å²) >= 11 is 1.84. The maximum Gasteiger partial charge on any atom is 0.125 e. The first-order chi connectivity index (χ1) is 8.35. The van der Waals surface area contributed by atoms with E-state index in [1.54, 1.807) is 0 Å². The van der Waals surface area contributed by atoms with E-state index < -0.39 is 0 Å². The number of hydrogen-bond donors (Lipinski definition) is 1. The standard InChI is InChI=1S/C14H21NOS/c1-2-17-14-9-5-8-13(12(14)10-15)16-11-6-3-4-7-11/h5,8-9,11H,2-4,6-7,10,15H2,1H3. The highest BCUT2D eigenvalue weighted by Crippen LogP contribution is 2.32. The van der Waals surface area contributed by atoms with Crippen molar-refractivity contribution in [2.75, 3.05) is 5.75 Å². The molecule has 1 aromatic rings. The van der Waals surface area contributed by atoms with Crippen molar-refractivity contribution >= 4 is 11.8 Å². The lowest BCUT2D eigenvalue weighted by atomic mass is 10.2. The van der Waals surface area contributed by atoms with Gasteiger partial charge in [0.05, 0.1) is 6.10 Å². The van der Waals surface area contributed by atoms with Crippen LogP contribution in [0.2, 0.25) is 0 Å². The third-order valence-electron chi connectivity index (χ3n) is 3.19. The van der Waals surface area contributed by atoms with Crippen LogP contribution in [0.1, 0.15) is 38.2 Å². The zero-order valence-corrected chi connectivity index (χ0v) is 11.3. The fourth-order valence-corrected chi connectivity index (χ4v) is 3.18. The van der Waals surface area contributed by atoms with E-state index in [0.29, 0.717) is 12.6 Å². The van der Waals surface area contributed by atoms with Crippen molar-refractivity contribution in [3.8, 4) is 5.75 Å². The smallest absolute Gasteiger partial charge is 0.125 e. The van der Waals surface area contributed by atoms with Crippen LogP contribution < -0.4 is 10.5 Å². The molecular weight excluding hydrogens is 230 g/mol. The van der Waals surface area contributed by atoms with Crippen molar-refractivity contribution < 1.29 is 4.74 Å². The SMILES string of the molecule is CCSc1cccc(OC2CCCC2)c1CN. The average molecular weight is 251 g/mol. The Labute approximate surface area is 108 Å². The molecule has 2 N–H and O–H groups in total. The molecular formula is C14H21NOS.